The van der Waals surface area contributed by atoms with Crippen LogP contribution in [0.5, 0.6) is 0 Å². The number of rotatable bonds is 4. The van der Waals surface area contributed by atoms with Gasteiger partial charge in [-0.15, -0.1) is 0 Å². The smallest absolute Gasteiger partial charge is 0.333 e. The number of ether oxygens (including phenoxy) is 1. The molecule has 0 radical (unpaired) electrons. The van der Waals surface area contributed by atoms with Gasteiger partial charge in [0.05, 0.1) is 6.61 Å². The van der Waals surface area contributed by atoms with Gasteiger partial charge >= 0.3 is 5.97 Å². The van der Waals surface area contributed by atoms with Crippen LogP contribution < -0.4 is 0 Å². The fraction of sp³-hybridized carbons (Fsp3) is 0.286. The van der Waals surface area contributed by atoms with Gasteiger partial charge in [0.2, 0.25) is 0 Å². The van der Waals surface area contributed by atoms with Crippen LogP contribution in [-0.2, 0) is 9.53 Å². The first-order valence-electron chi connectivity index (χ1n) is 5.95. The molecule has 0 N–H and O–H groups in total. The number of hydrogen-bond donors (Lipinski definition) is 0. The van der Waals surface area contributed by atoms with Crippen molar-refractivity contribution < 1.29 is 9.53 Å². The SMILES string of the molecule is CCOC(=O)C(c1ccccc1)n1ccnc1C. The summed E-state index contributed by atoms with van der Waals surface area (Å²) in [7, 11) is 0. The van der Waals surface area contributed by atoms with Gasteiger partial charge in [0.1, 0.15) is 5.82 Å². The molecule has 0 aliphatic rings. The summed E-state index contributed by atoms with van der Waals surface area (Å²) in [5.41, 5.74) is 0.900. The molecule has 0 bridgehead atoms. The number of imidazole rings is 1. The highest BCUT2D eigenvalue weighted by Crippen LogP contribution is 2.21. The predicted octanol–water partition coefficient (Wildman–Crippen LogP) is 2.34. The summed E-state index contributed by atoms with van der Waals surface area (Å²) >= 11 is 0. The maximum absolute atomic E-state index is 12.1. The first-order chi connectivity index (χ1) is 8.74. The predicted molar refractivity (Wildman–Crippen MR) is 68.2 cm³/mol. The molecule has 1 atom stereocenters. The molecule has 94 valence electrons. The van der Waals surface area contributed by atoms with Crippen molar-refractivity contribution in [1.29, 1.82) is 0 Å². The Morgan fingerprint density at radius 2 is 2.11 bits per heavy atom. The van der Waals surface area contributed by atoms with Gasteiger partial charge in [0, 0.05) is 12.4 Å². The van der Waals surface area contributed by atoms with Gasteiger partial charge in [0.25, 0.3) is 0 Å². The zero-order valence-corrected chi connectivity index (χ0v) is 10.5. The molecule has 1 aromatic carbocycles. The molecular formula is C14H16N2O2. The van der Waals surface area contributed by atoms with Crippen molar-refractivity contribution in [2.45, 2.75) is 19.9 Å². The van der Waals surface area contributed by atoms with Gasteiger partial charge in [-0.2, -0.15) is 0 Å². The number of nitrogens with zero attached hydrogens (tertiary/aromatic N) is 2. The molecule has 0 spiro atoms. The summed E-state index contributed by atoms with van der Waals surface area (Å²) in [6.07, 6.45) is 3.48. The molecule has 18 heavy (non-hydrogen) atoms. The summed E-state index contributed by atoms with van der Waals surface area (Å²) in [4.78, 5) is 16.3. The summed E-state index contributed by atoms with van der Waals surface area (Å²) in [6.45, 7) is 4.05. The Bertz CT molecular complexity index is 520. The van der Waals surface area contributed by atoms with Crippen LogP contribution in [0.15, 0.2) is 42.7 Å². The lowest BCUT2D eigenvalue weighted by molar-refractivity contribution is -0.145. The molecule has 2 rings (SSSR count). The molecule has 0 aliphatic carbocycles. The highest BCUT2D eigenvalue weighted by atomic mass is 16.5. The van der Waals surface area contributed by atoms with Crippen molar-refractivity contribution in [1.82, 2.24) is 9.55 Å². The molecule has 2 aromatic rings. The van der Waals surface area contributed by atoms with Gasteiger partial charge in [-0.25, -0.2) is 9.78 Å². The third-order valence-electron chi connectivity index (χ3n) is 2.77. The number of hydrogen-bond acceptors (Lipinski definition) is 3. The third kappa shape index (κ3) is 2.42. The van der Waals surface area contributed by atoms with Crippen molar-refractivity contribution in [2.24, 2.45) is 0 Å². The Morgan fingerprint density at radius 1 is 1.39 bits per heavy atom. The Balaban J connectivity index is 2.42. The zero-order chi connectivity index (χ0) is 13.0. The quantitative estimate of drug-likeness (QED) is 0.775. The monoisotopic (exact) mass is 244 g/mol. The van der Waals surface area contributed by atoms with E-state index in [0.29, 0.717) is 6.61 Å². The van der Waals surface area contributed by atoms with Gasteiger partial charge in [-0.3, -0.25) is 0 Å². The minimum absolute atomic E-state index is 0.259. The number of aromatic nitrogens is 2. The molecule has 0 saturated carbocycles. The maximum Gasteiger partial charge on any atom is 0.333 e. The van der Waals surface area contributed by atoms with Gasteiger partial charge in [0.15, 0.2) is 6.04 Å². The van der Waals surface area contributed by atoms with Crippen LogP contribution in [0.2, 0.25) is 0 Å². The molecule has 0 saturated heterocycles. The van der Waals surface area contributed by atoms with E-state index in [0.717, 1.165) is 11.4 Å². The normalized spacial score (nSPS) is 12.1. The van der Waals surface area contributed by atoms with Crippen molar-refractivity contribution >= 4 is 5.97 Å². The van der Waals surface area contributed by atoms with Gasteiger partial charge < -0.3 is 9.30 Å². The number of benzene rings is 1. The molecule has 0 aliphatic heterocycles. The third-order valence-corrected chi connectivity index (χ3v) is 2.77. The second kappa shape index (κ2) is 5.49. The zero-order valence-electron chi connectivity index (χ0n) is 10.5. The lowest BCUT2D eigenvalue weighted by Gasteiger charge is -2.18. The molecular weight excluding hydrogens is 228 g/mol. The van der Waals surface area contributed by atoms with Crippen LogP contribution in [-0.4, -0.2) is 22.1 Å². The molecule has 4 heteroatoms. The van der Waals surface area contributed by atoms with Gasteiger partial charge in [-0.05, 0) is 19.4 Å². The van der Waals surface area contributed by atoms with E-state index >= 15 is 0 Å². The van der Waals surface area contributed by atoms with E-state index in [1.165, 1.54) is 0 Å². The number of carbonyl (C=O) groups excluding carboxylic acids is 1. The Hall–Kier alpha value is -2.10. The minimum atomic E-state index is -0.464. The highest BCUT2D eigenvalue weighted by Gasteiger charge is 2.24. The lowest BCUT2D eigenvalue weighted by atomic mass is 10.1. The van der Waals surface area contributed by atoms with Crippen LogP contribution in [0.25, 0.3) is 0 Å². The molecule has 1 unspecified atom stereocenters. The minimum Gasteiger partial charge on any atom is -0.464 e. The van der Waals surface area contributed by atoms with Crippen LogP contribution >= 0.6 is 0 Å². The summed E-state index contributed by atoms with van der Waals surface area (Å²) < 4.78 is 6.98. The first-order valence-corrected chi connectivity index (χ1v) is 5.95. The van der Waals surface area contributed by atoms with Crippen LogP contribution in [0.4, 0.5) is 0 Å². The van der Waals surface area contributed by atoms with E-state index in [9.17, 15) is 4.79 Å². The van der Waals surface area contributed by atoms with Crippen molar-refractivity contribution in [3.05, 3.63) is 54.1 Å². The van der Waals surface area contributed by atoms with Crippen LogP contribution in [0.1, 0.15) is 24.4 Å². The van der Waals surface area contributed by atoms with E-state index in [4.69, 9.17) is 4.74 Å². The standard InChI is InChI=1S/C14H16N2O2/c1-3-18-14(17)13(12-7-5-4-6-8-12)16-10-9-15-11(16)2/h4-10,13H,3H2,1-2H3. The van der Waals surface area contributed by atoms with E-state index in [1.807, 2.05) is 41.8 Å². The summed E-state index contributed by atoms with van der Waals surface area (Å²) in [5.74, 6) is 0.529. The van der Waals surface area contributed by atoms with E-state index in [-0.39, 0.29) is 5.97 Å². The number of aryl methyl sites for hydroxylation is 1. The number of carbonyl (C=O) groups is 1. The second-order valence-corrected chi connectivity index (χ2v) is 3.95. The largest absolute Gasteiger partial charge is 0.464 e. The fourth-order valence-corrected chi connectivity index (χ4v) is 1.93. The first kappa shape index (κ1) is 12.4. The summed E-state index contributed by atoms with van der Waals surface area (Å²) in [5, 5.41) is 0. The maximum atomic E-state index is 12.1. The topological polar surface area (TPSA) is 44.1 Å². The van der Waals surface area contributed by atoms with Crippen molar-refractivity contribution in [3.63, 3.8) is 0 Å². The lowest BCUT2D eigenvalue weighted by Crippen LogP contribution is -2.23. The highest BCUT2D eigenvalue weighted by molar-refractivity contribution is 5.78. The average molecular weight is 244 g/mol. The van der Waals surface area contributed by atoms with Crippen LogP contribution in [0, 0.1) is 6.92 Å². The molecule has 1 heterocycles. The average Bonchev–Trinajstić information content (AvgIpc) is 2.78. The molecule has 1 aromatic heterocycles. The Morgan fingerprint density at radius 3 is 2.67 bits per heavy atom. The van der Waals surface area contributed by atoms with E-state index in [2.05, 4.69) is 4.98 Å². The fourth-order valence-electron chi connectivity index (χ4n) is 1.93. The van der Waals surface area contributed by atoms with Crippen molar-refractivity contribution in [3.8, 4) is 0 Å². The molecule has 4 nitrogen and oxygen atoms in total. The van der Waals surface area contributed by atoms with E-state index in [1.54, 1.807) is 19.3 Å². The number of esters is 1. The van der Waals surface area contributed by atoms with Crippen LogP contribution in [0.3, 0.4) is 0 Å². The Labute approximate surface area is 106 Å². The van der Waals surface area contributed by atoms with Gasteiger partial charge in [-0.1, -0.05) is 30.3 Å². The molecule has 0 amide bonds. The Kier molecular flexibility index (Phi) is 3.77. The molecule has 0 fully saturated rings. The van der Waals surface area contributed by atoms with E-state index < -0.39 is 6.04 Å². The van der Waals surface area contributed by atoms with Crippen molar-refractivity contribution in [2.75, 3.05) is 6.61 Å². The summed E-state index contributed by atoms with van der Waals surface area (Å²) in [6, 6.07) is 9.12. The second-order valence-electron chi connectivity index (χ2n) is 3.95.